The van der Waals surface area contributed by atoms with Gasteiger partial charge in [-0.3, -0.25) is 19.8 Å². The van der Waals surface area contributed by atoms with E-state index in [-0.39, 0.29) is 11.6 Å². The Labute approximate surface area is 142 Å². The van der Waals surface area contributed by atoms with Gasteiger partial charge in [0.25, 0.3) is 5.69 Å². The number of non-ortho nitro benzene ring substituents is 1. The van der Waals surface area contributed by atoms with E-state index in [0.717, 1.165) is 19.0 Å². The van der Waals surface area contributed by atoms with Crippen LogP contribution in [0.15, 0.2) is 24.3 Å². The summed E-state index contributed by atoms with van der Waals surface area (Å²) in [6.07, 6.45) is 8.48. The molecule has 1 N–H and O–H groups in total. The van der Waals surface area contributed by atoms with Crippen LogP contribution in [0.25, 0.3) is 0 Å². The number of hydrogen-bond donors (Lipinski definition) is 1. The monoisotopic (exact) mass is 331 g/mol. The molecule has 1 saturated carbocycles. The number of anilines is 1. The molecular weight excluding hydrogens is 306 g/mol. The number of carbonyl (C=O) groups excluding carboxylic acids is 1. The van der Waals surface area contributed by atoms with Crippen LogP contribution in [0.4, 0.5) is 11.4 Å². The summed E-state index contributed by atoms with van der Waals surface area (Å²) in [5.74, 6) is 0.807. The number of benzene rings is 1. The predicted molar refractivity (Wildman–Crippen MR) is 92.9 cm³/mol. The fourth-order valence-corrected chi connectivity index (χ4v) is 3.93. The van der Waals surface area contributed by atoms with Crippen LogP contribution in [0.2, 0.25) is 0 Å². The molecule has 0 radical (unpaired) electrons. The summed E-state index contributed by atoms with van der Waals surface area (Å²) in [6, 6.07) is 6.64. The maximum Gasteiger partial charge on any atom is 0.269 e. The molecule has 2 aliphatic rings. The van der Waals surface area contributed by atoms with E-state index in [0.29, 0.717) is 18.2 Å². The molecule has 0 spiro atoms. The topological polar surface area (TPSA) is 75.5 Å². The van der Waals surface area contributed by atoms with Gasteiger partial charge in [-0.05, 0) is 30.9 Å². The molecule has 1 saturated heterocycles. The van der Waals surface area contributed by atoms with Crippen molar-refractivity contribution in [1.82, 2.24) is 4.90 Å². The molecule has 1 aromatic rings. The second-order valence-corrected chi connectivity index (χ2v) is 6.92. The minimum absolute atomic E-state index is 0.0295. The van der Waals surface area contributed by atoms with Crippen LogP contribution < -0.4 is 5.32 Å². The van der Waals surface area contributed by atoms with Crippen LogP contribution in [0.3, 0.4) is 0 Å². The Balaban J connectivity index is 1.43. The van der Waals surface area contributed by atoms with Gasteiger partial charge in [0.2, 0.25) is 5.91 Å². The molecule has 1 heterocycles. The number of nitro benzene ring substituents is 1. The second-order valence-electron chi connectivity index (χ2n) is 6.92. The first-order valence-corrected chi connectivity index (χ1v) is 8.92. The summed E-state index contributed by atoms with van der Waals surface area (Å²) < 4.78 is 0. The molecule has 1 aliphatic heterocycles. The third-order valence-corrected chi connectivity index (χ3v) is 5.29. The average Bonchev–Trinajstić information content (AvgIpc) is 2.53. The van der Waals surface area contributed by atoms with Gasteiger partial charge in [-0.25, -0.2) is 0 Å². The van der Waals surface area contributed by atoms with Gasteiger partial charge in [-0.15, -0.1) is 0 Å². The number of hydrogen-bond acceptors (Lipinski definition) is 4. The van der Waals surface area contributed by atoms with Crippen molar-refractivity contribution < 1.29 is 9.72 Å². The van der Waals surface area contributed by atoms with Gasteiger partial charge in [-0.2, -0.15) is 0 Å². The lowest BCUT2D eigenvalue weighted by Crippen LogP contribution is -2.56. The molecule has 130 valence electrons. The van der Waals surface area contributed by atoms with Crippen LogP contribution in [0.1, 0.15) is 44.9 Å². The summed E-state index contributed by atoms with van der Waals surface area (Å²) >= 11 is 0. The Morgan fingerprint density at radius 1 is 1.17 bits per heavy atom. The van der Waals surface area contributed by atoms with Crippen molar-refractivity contribution in [2.75, 3.05) is 18.4 Å². The van der Waals surface area contributed by atoms with Gasteiger partial charge in [-0.1, -0.05) is 25.7 Å². The molecule has 0 aromatic heterocycles. The number of nitrogens with zero attached hydrogens (tertiary/aromatic N) is 2. The minimum Gasteiger partial charge on any atom is -0.326 e. The van der Waals surface area contributed by atoms with Crippen molar-refractivity contribution in [3.63, 3.8) is 0 Å². The number of fused-ring (bicyclic) bond motifs is 1. The lowest BCUT2D eigenvalue weighted by atomic mass is 9.79. The summed E-state index contributed by atoms with van der Waals surface area (Å²) in [4.78, 5) is 24.7. The molecular formula is C18H25N3O3. The molecule has 1 aliphatic carbocycles. The van der Waals surface area contributed by atoms with Crippen LogP contribution in [0.5, 0.6) is 0 Å². The Morgan fingerprint density at radius 2 is 1.88 bits per heavy atom. The number of rotatable bonds is 5. The molecule has 6 heteroatoms. The van der Waals surface area contributed by atoms with Crippen LogP contribution in [0, 0.1) is 16.0 Å². The van der Waals surface area contributed by atoms with Gasteiger partial charge in [0.05, 0.1) is 4.92 Å². The largest absolute Gasteiger partial charge is 0.326 e. The molecule has 0 unspecified atom stereocenters. The number of likely N-dealkylation sites (tertiary alicyclic amines) is 1. The Bertz CT molecular complexity index is 588. The quantitative estimate of drug-likeness (QED) is 0.661. The summed E-state index contributed by atoms with van der Waals surface area (Å²) in [6.45, 7) is 1.94. The van der Waals surface area contributed by atoms with E-state index >= 15 is 0 Å². The smallest absolute Gasteiger partial charge is 0.269 e. The normalized spacial score (nSPS) is 24.2. The average molecular weight is 331 g/mol. The molecule has 2 atom stereocenters. The van der Waals surface area contributed by atoms with E-state index in [4.69, 9.17) is 0 Å². The van der Waals surface area contributed by atoms with Gasteiger partial charge >= 0.3 is 0 Å². The third kappa shape index (κ3) is 4.12. The third-order valence-electron chi connectivity index (χ3n) is 5.29. The molecule has 1 aromatic carbocycles. The molecule has 24 heavy (non-hydrogen) atoms. The summed E-state index contributed by atoms with van der Waals surface area (Å²) in [5, 5.41) is 13.4. The highest BCUT2D eigenvalue weighted by molar-refractivity contribution is 5.90. The lowest BCUT2D eigenvalue weighted by Gasteiger charge is -2.49. The van der Waals surface area contributed by atoms with Crippen molar-refractivity contribution in [3.05, 3.63) is 34.4 Å². The maximum atomic E-state index is 12.1. The molecule has 3 rings (SSSR count). The van der Waals surface area contributed by atoms with Crippen LogP contribution >= 0.6 is 0 Å². The zero-order chi connectivity index (χ0) is 16.9. The van der Waals surface area contributed by atoms with Crippen molar-refractivity contribution in [2.45, 2.75) is 51.0 Å². The van der Waals surface area contributed by atoms with Gasteiger partial charge in [0, 0.05) is 43.4 Å². The fourth-order valence-electron chi connectivity index (χ4n) is 3.93. The van der Waals surface area contributed by atoms with E-state index in [1.54, 1.807) is 12.1 Å². The van der Waals surface area contributed by atoms with Gasteiger partial charge in [0.1, 0.15) is 0 Å². The Morgan fingerprint density at radius 3 is 2.58 bits per heavy atom. The Kier molecular flexibility index (Phi) is 5.45. The minimum atomic E-state index is -0.444. The summed E-state index contributed by atoms with van der Waals surface area (Å²) in [7, 11) is 0. The van der Waals surface area contributed by atoms with Gasteiger partial charge in [0.15, 0.2) is 0 Å². The molecule has 0 bridgehead atoms. The SMILES string of the molecule is O=C(CCN1C[C@@H]2CCCCCC[C@@H]21)Nc1ccc([N+](=O)[O-])cc1. The van der Waals surface area contributed by atoms with Crippen molar-refractivity contribution in [1.29, 1.82) is 0 Å². The highest BCUT2D eigenvalue weighted by Crippen LogP contribution is 2.35. The van der Waals surface area contributed by atoms with E-state index in [1.807, 2.05) is 0 Å². The van der Waals surface area contributed by atoms with Crippen molar-refractivity contribution >= 4 is 17.3 Å². The van der Waals surface area contributed by atoms with Gasteiger partial charge < -0.3 is 5.32 Å². The summed E-state index contributed by atoms with van der Waals surface area (Å²) in [5.41, 5.74) is 0.641. The van der Waals surface area contributed by atoms with E-state index in [2.05, 4.69) is 10.2 Å². The highest BCUT2D eigenvalue weighted by Gasteiger charge is 2.37. The first-order valence-electron chi connectivity index (χ1n) is 8.92. The molecule has 6 nitrogen and oxygen atoms in total. The molecule has 2 fully saturated rings. The van der Waals surface area contributed by atoms with E-state index in [1.165, 1.54) is 50.7 Å². The fraction of sp³-hybridized carbons (Fsp3) is 0.611. The zero-order valence-corrected chi connectivity index (χ0v) is 13.9. The number of nitrogens with one attached hydrogen (secondary N) is 1. The van der Waals surface area contributed by atoms with E-state index in [9.17, 15) is 14.9 Å². The van der Waals surface area contributed by atoms with Crippen LogP contribution in [-0.2, 0) is 4.79 Å². The molecule has 1 amide bonds. The number of amides is 1. The number of carbonyl (C=O) groups is 1. The van der Waals surface area contributed by atoms with Crippen molar-refractivity contribution in [3.8, 4) is 0 Å². The second kappa shape index (κ2) is 7.75. The maximum absolute atomic E-state index is 12.1. The van der Waals surface area contributed by atoms with Crippen LogP contribution in [-0.4, -0.2) is 34.9 Å². The first kappa shape index (κ1) is 16.9. The zero-order valence-electron chi connectivity index (χ0n) is 13.9. The Hall–Kier alpha value is -1.95. The standard InChI is InChI=1S/C18H25N3O3/c22-18(19-15-7-9-16(10-8-15)21(23)24)11-12-20-13-14-5-3-1-2-4-6-17(14)20/h7-10,14,17H,1-6,11-13H2,(H,19,22)/t14-,17-/m0/s1. The van der Waals surface area contributed by atoms with E-state index < -0.39 is 4.92 Å². The lowest BCUT2D eigenvalue weighted by molar-refractivity contribution is -0.384. The first-order chi connectivity index (χ1) is 11.6. The predicted octanol–water partition coefficient (Wildman–Crippen LogP) is 3.58. The number of nitro groups is 1. The van der Waals surface area contributed by atoms with Crippen molar-refractivity contribution in [2.24, 2.45) is 5.92 Å². The highest BCUT2D eigenvalue weighted by atomic mass is 16.6.